The fourth-order valence-corrected chi connectivity index (χ4v) is 3.04. The van der Waals surface area contributed by atoms with Crippen LogP contribution in [-0.4, -0.2) is 6.54 Å². The Labute approximate surface area is 137 Å². The fraction of sp³-hybridized carbons (Fsp3) is 0.250. The monoisotopic (exact) mass is 403 g/mol. The highest BCUT2D eigenvalue weighted by Gasteiger charge is 2.19. The highest BCUT2D eigenvalue weighted by atomic mass is 127. The van der Waals surface area contributed by atoms with E-state index in [2.05, 4.69) is 27.9 Å². The smallest absolute Gasteiger partial charge is 0.128 e. The van der Waals surface area contributed by atoms with Gasteiger partial charge in [0.25, 0.3) is 0 Å². The van der Waals surface area contributed by atoms with Crippen LogP contribution in [0.15, 0.2) is 36.4 Å². The van der Waals surface area contributed by atoms with Gasteiger partial charge in [0.15, 0.2) is 0 Å². The van der Waals surface area contributed by atoms with E-state index in [0.29, 0.717) is 10.6 Å². The molecular weight excluding hydrogens is 388 g/mol. The Kier molecular flexibility index (Phi) is 5.41. The molecule has 0 radical (unpaired) electrons. The summed E-state index contributed by atoms with van der Waals surface area (Å²) in [6, 6.07) is 10.7. The lowest BCUT2D eigenvalue weighted by atomic mass is 9.96. The molecule has 0 spiro atoms. The third kappa shape index (κ3) is 3.51. The number of nitrogens with one attached hydrogen (secondary N) is 1. The maximum absolute atomic E-state index is 14.2. The number of aryl methyl sites for hydroxylation is 1. The lowest BCUT2D eigenvalue weighted by molar-refractivity contribution is 0.557. The molecule has 0 amide bonds. The Hall–Kier alpha value is -0.650. The molecule has 1 atom stereocenters. The lowest BCUT2D eigenvalue weighted by Gasteiger charge is -2.21. The van der Waals surface area contributed by atoms with E-state index in [-0.39, 0.29) is 11.9 Å². The van der Waals surface area contributed by atoms with Crippen LogP contribution in [0.3, 0.4) is 0 Å². The average molecular weight is 404 g/mol. The molecule has 2 aromatic carbocycles. The Balaban J connectivity index is 2.55. The summed E-state index contributed by atoms with van der Waals surface area (Å²) in [6.07, 6.45) is 0. The van der Waals surface area contributed by atoms with Gasteiger partial charge in [0, 0.05) is 14.2 Å². The van der Waals surface area contributed by atoms with Crippen molar-refractivity contribution < 1.29 is 4.39 Å². The summed E-state index contributed by atoms with van der Waals surface area (Å²) >= 11 is 8.35. The van der Waals surface area contributed by atoms with E-state index in [1.807, 2.05) is 38.1 Å². The summed E-state index contributed by atoms with van der Waals surface area (Å²) in [5, 5.41) is 4.01. The van der Waals surface area contributed by atoms with Gasteiger partial charge in [-0.1, -0.05) is 36.2 Å². The molecule has 0 saturated heterocycles. The van der Waals surface area contributed by atoms with Crippen LogP contribution in [0, 0.1) is 16.3 Å². The molecule has 1 N–H and O–H groups in total. The predicted molar refractivity (Wildman–Crippen MR) is 90.8 cm³/mol. The van der Waals surface area contributed by atoms with Crippen LogP contribution in [0.4, 0.5) is 4.39 Å². The maximum Gasteiger partial charge on any atom is 0.128 e. The first-order chi connectivity index (χ1) is 9.52. The van der Waals surface area contributed by atoms with Gasteiger partial charge in [-0.2, -0.15) is 0 Å². The van der Waals surface area contributed by atoms with E-state index in [9.17, 15) is 4.39 Å². The molecule has 0 aliphatic rings. The summed E-state index contributed by atoms with van der Waals surface area (Å²) in [5.41, 5.74) is 2.71. The second kappa shape index (κ2) is 6.87. The first-order valence-electron chi connectivity index (χ1n) is 6.47. The average Bonchev–Trinajstić information content (AvgIpc) is 2.42. The molecule has 20 heavy (non-hydrogen) atoms. The van der Waals surface area contributed by atoms with Crippen molar-refractivity contribution in [3.8, 4) is 0 Å². The van der Waals surface area contributed by atoms with Crippen LogP contribution in [0.5, 0.6) is 0 Å². The number of benzene rings is 2. The number of hydrogen-bond donors (Lipinski definition) is 1. The number of hydrogen-bond acceptors (Lipinski definition) is 1. The van der Waals surface area contributed by atoms with E-state index in [0.717, 1.165) is 21.2 Å². The number of rotatable bonds is 4. The summed E-state index contributed by atoms with van der Waals surface area (Å²) in [5.74, 6) is -0.197. The predicted octanol–water partition coefficient (Wildman–Crippen LogP) is 5.09. The third-order valence-corrected chi connectivity index (χ3v) is 4.36. The molecule has 4 heteroatoms. The largest absolute Gasteiger partial charge is 0.306 e. The Morgan fingerprint density at radius 3 is 2.65 bits per heavy atom. The van der Waals surface area contributed by atoms with Gasteiger partial charge in [-0.25, -0.2) is 4.39 Å². The zero-order valence-electron chi connectivity index (χ0n) is 11.4. The molecule has 106 valence electrons. The molecule has 0 heterocycles. The van der Waals surface area contributed by atoms with Crippen LogP contribution in [0.1, 0.15) is 29.7 Å². The van der Waals surface area contributed by atoms with Crippen LogP contribution in [0.25, 0.3) is 0 Å². The molecule has 1 unspecified atom stereocenters. The van der Waals surface area contributed by atoms with Crippen LogP contribution >= 0.6 is 34.2 Å². The molecule has 0 aliphatic heterocycles. The highest BCUT2D eigenvalue weighted by Crippen LogP contribution is 2.30. The van der Waals surface area contributed by atoms with Gasteiger partial charge in [0.2, 0.25) is 0 Å². The SMILES string of the molecule is CCNC(c1cc(C)ccc1F)c1cc(Cl)ccc1I. The van der Waals surface area contributed by atoms with Crippen molar-refractivity contribution in [3.05, 3.63) is 67.5 Å². The molecule has 0 aromatic heterocycles. The van der Waals surface area contributed by atoms with Gasteiger partial charge in [0.1, 0.15) is 5.82 Å². The van der Waals surface area contributed by atoms with Gasteiger partial charge in [-0.15, -0.1) is 0 Å². The van der Waals surface area contributed by atoms with Crippen molar-refractivity contribution in [1.29, 1.82) is 0 Å². The van der Waals surface area contributed by atoms with Crippen molar-refractivity contribution in [3.63, 3.8) is 0 Å². The van der Waals surface area contributed by atoms with Gasteiger partial charge in [0.05, 0.1) is 6.04 Å². The summed E-state index contributed by atoms with van der Waals surface area (Å²) in [6.45, 7) is 4.73. The molecule has 2 aromatic rings. The van der Waals surface area contributed by atoms with E-state index in [1.54, 1.807) is 6.07 Å². The first-order valence-corrected chi connectivity index (χ1v) is 7.93. The quantitative estimate of drug-likeness (QED) is 0.701. The molecule has 1 nitrogen and oxygen atoms in total. The second-order valence-corrected chi connectivity index (χ2v) is 6.28. The summed E-state index contributed by atoms with van der Waals surface area (Å²) in [7, 11) is 0. The molecule has 2 rings (SSSR count). The van der Waals surface area contributed by atoms with Crippen molar-refractivity contribution in [1.82, 2.24) is 5.32 Å². The van der Waals surface area contributed by atoms with E-state index in [1.165, 1.54) is 6.07 Å². The zero-order chi connectivity index (χ0) is 14.7. The fourth-order valence-electron chi connectivity index (χ4n) is 2.21. The Bertz CT molecular complexity index is 564. The van der Waals surface area contributed by atoms with Gasteiger partial charge < -0.3 is 5.32 Å². The third-order valence-electron chi connectivity index (χ3n) is 3.14. The zero-order valence-corrected chi connectivity index (χ0v) is 14.3. The standard InChI is InChI=1S/C16H16ClFIN/c1-3-20-16(12-8-10(2)4-6-14(12)18)13-9-11(17)5-7-15(13)19/h4-9,16,20H,3H2,1-2H3. The summed E-state index contributed by atoms with van der Waals surface area (Å²) < 4.78 is 15.3. The molecular formula is C16H16ClFIN. The Morgan fingerprint density at radius 2 is 1.95 bits per heavy atom. The second-order valence-electron chi connectivity index (χ2n) is 4.68. The topological polar surface area (TPSA) is 12.0 Å². The highest BCUT2D eigenvalue weighted by molar-refractivity contribution is 14.1. The Morgan fingerprint density at radius 1 is 1.20 bits per heavy atom. The normalized spacial score (nSPS) is 12.4. The van der Waals surface area contributed by atoms with Crippen molar-refractivity contribution in [2.45, 2.75) is 19.9 Å². The van der Waals surface area contributed by atoms with E-state index >= 15 is 0 Å². The van der Waals surface area contributed by atoms with Gasteiger partial charge >= 0.3 is 0 Å². The van der Waals surface area contributed by atoms with E-state index < -0.39 is 0 Å². The van der Waals surface area contributed by atoms with Gasteiger partial charge in [-0.05, 0) is 65.9 Å². The molecule has 0 bridgehead atoms. The van der Waals surface area contributed by atoms with E-state index in [4.69, 9.17) is 11.6 Å². The minimum absolute atomic E-state index is 0.189. The first kappa shape index (κ1) is 15.7. The number of halogens is 3. The summed E-state index contributed by atoms with van der Waals surface area (Å²) in [4.78, 5) is 0. The lowest BCUT2D eigenvalue weighted by Crippen LogP contribution is -2.24. The molecule has 0 saturated carbocycles. The van der Waals surface area contributed by atoms with Crippen LogP contribution < -0.4 is 5.32 Å². The minimum Gasteiger partial charge on any atom is -0.306 e. The van der Waals surface area contributed by atoms with Crippen LogP contribution in [0.2, 0.25) is 5.02 Å². The molecule has 0 aliphatic carbocycles. The van der Waals surface area contributed by atoms with Crippen molar-refractivity contribution in [2.24, 2.45) is 0 Å². The minimum atomic E-state index is -0.197. The van der Waals surface area contributed by atoms with Crippen LogP contribution in [-0.2, 0) is 0 Å². The van der Waals surface area contributed by atoms with Crippen molar-refractivity contribution in [2.75, 3.05) is 6.54 Å². The van der Waals surface area contributed by atoms with Gasteiger partial charge in [-0.3, -0.25) is 0 Å². The van der Waals surface area contributed by atoms with Crippen molar-refractivity contribution >= 4 is 34.2 Å². The molecule has 0 fully saturated rings. The maximum atomic E-state index is 14.2.